The second-order valence-corrected chi connectivity index (χ2v) is 6.59. The van der Waals surface area contributed by atoms with Crippen LogP contribution in [0.25, 0.3) is 0 Å². The van der Waals surface area contributed by atoms with Crippen LogP contribution in [0.15, 0.2) is 41.3 Å². The minimum Gasteiger partial charge on any atom is -0.497 e. The average molecular weight is 388 g/mol. The lowest BCUT2D eigenvalue weighted by atomic mass is 10.2. The quantitative estimate of drug-likeness (QED) is 0.460. The van der Waals surface area contributed by atoms with Gasteiger partial charge in [0.15, 0.2) is 5.50 Å². The van der Waals surface area contributed by atoms with Crippen LogP contribution in [0.2, 0.25) is 0 Å². The van der Waals surface area contributed by atoms with Gasteiger partial charge >= 0.3 is 0 Å². The van der Waals surface area contributed by atoms with Crippen LogP contribution >= 0.6 is 11.8 Å². The zero-order valence-electron chi connectivity index (χ0n) is 15.1. The molecule has 0 radical (unpaired) electrons. The largest absolute Gasteiger partial charge is 0.497 e. The number of rotatable bonds is 5. The summed E-state index contributed by atoms with van der Waals surface area (Å²) in [5.74, 6) is 1.56. The molecule has 0 bridgehead atoms. The summed E-state index contributed by atoms with van der Waals surface area (Å²) in [6, 6.07) is 10.5. The fourth-order valence-electron chi connectivity index (χ4n) is 2.57. The van der Waals surface area contributed by atoms with Crippen LogP contribution in [0.5, 0.6) is 17.2 Å². The number of thioether (sulfide) groups is 1. The number of para-hydroxylation sites is 1. The van der Waals surface area contributed by atoms with Crippen molar-refractivity contribution in [2.45, 2.75) is 10.4 Å². The van der Waals surface area contributed by atoms with Gasteiger partial charge in [0, 0.05) is 11.0 Å². The van der Waals surface area contributed by atoms with Crippen molar-refractivity contribution in [2.24, 2.45) is 0 Å². The van der Waals surface area contributed by atoms with Crippen molar-refractivity contribution < 1.29 is 18.9 Å². The van der Waals surface area contributed by atoms with Gasteiger partial charge in [-0.1, -0.05) is 17.8 Å². The summed E-state index contributed by atoms with van der Waals surface area (Å²) in [5.41, 5.74) is 0.971. The van der Waals surface area contributed by atoms with Crippen molar-refractivity contribution in [3.63, 3.8) is 0 Å². The maximum Gasteiger partial charge on any atom is 0.290 e. The predicted molar refractivity (Wildman–Crippen MR) is 105 cm³/mol. The molecule has 0 aromatic heterocycles. The van der Waals surface area contributed by atoms with E-state index in [1.807, 2.05) is 18.2 Å². The molecular weight excluding hydrogens is 368 g/mol. The van der Waals surface area contributed by atoms with Crippen molar-refractivity contribution >= 4 is 29.4 Å². The number of ether oxygens (including phenoxy) is 4. The number of amidine groups is 1. The fraction of sp³-hybridized carbons (Fsp3) is 0.222. The number of methoxy groups -OCH3 is 3. The van der Waals surface area contributed by atoms with Crippen LogP contribution in [-0.2, 0) is 4.74 Å². The van der Waals surface area contributed by atoms with Crippen molar-refractivity contribution in [3.8, 4) is 17.2 Å². The topological polar surface area (TPSA) is 109 Å². The molecule has 27 heavy (non-hydrogen) atoms. The molecule has 0 saturated heterocycles. The Labute approximate surface area is 161 Å². The van der Waals surface area contributed by atoms with Crippen LogP contribution in [0.3, 0.4) is 0 Å². The van der Waals surface area contributed by atoms with Crippen LogP contribution in [0.1, 0.15) is 5.56 Å². The van der Waals surface area contributed by atoms with E-state index in [0.29, 0.717) is 17.1 Å². The second kappa shape index (κ2) is 8.09. The van der Waals surface area contributed by atoms with E-state index in [0.717, 1.165) is 16.3 Å². The highest BCUT2D eigenvalue weighted by molar-refractivity contribution is 8.00. The standard InChI is InChI=1S/C18H20N4O4S/c1-23-10-7-8-11(13(9-10)25-3)16(19)26-17(20)22-18-21-15-12(24-2)5-4-6-14(15)27-18/h4-9,18-19,21H,1-3H3,(H2,20,22). The van der Waals surface area contributed by atoms with Crippen LogP contribution < -0.4 is 24.8 Å². The van der Waals surface area contributed by atoms with Gasteiger partial charge in [-0.05, 0) is 24.3 Å². The van der Waals surface area contributed by atoms with Crippen LogP contribution in [-0.4, -0.2) is 38.7 Å². The smallest absolute Gasteiger partial charge is 0.290 e. The van der Waals surface area contributed by atoms with Gasteiger partial charge in [-0.25, -0.2) is 0 Å². The van der Waals surface area contributed by atoms with E-state index in [9.17, 15) is 0 Å². The summed E-state index contributed by atoms with van der Waals surface area (Å²) < 4.78 is 21.1. The molecule has 0 spiro atoms. The normalized spacial score (nSPS) is 14.6. The van der Waals surface area contributed by atoms with E-state index in [2.05, 4.69) is 10.6 Å². The number of benzene rings is 2. The van der Waals surface area contributed by atoms with Crippen molar-refractivity contribution in [2.75, 3.05) is 26.6 Å². The van der Waals surface area contributed by atoms with Crippen LogP contribution in [0, 0.1) is 10.8 Å². The Hall–Kier alpha value is -3.07. The summed E-state index contributed by atoms with van der Waals surface area (Å²) in [6.07, 6.45) is 0. The molecule has 2 aromatic carbocycles. The van der Waals surface area contributed by atoms with Gasteiger partial charge in [-0.15, -0.1) is 0 Å². The lowest BCUT2D eigenvalue weighted by Crippen LogP contribution is -2.37. The maximum absolute atomic E-state index is 8.13. The van der Waals surface area contributed by atoms with Gasteiger partial charge in [0.2, 0.25) is 5.90 Å². The predicted octanol–water partition coefficient (Wildman–Crippen LogP) is 3.08. The van der Waals surface area contributed by atoms with E-state index >= 15 is 0 Å². The van der Waals surface area contributed by atoms with E-state index < -0.39 is 0 Å². The Morgan fingerprint density at radius 1 is 1.04 bits per heavy atom. The first-order chi connectivity index (χ1) is 13.0. The number of anilines is 1. The number of nitrogens with one attached hydrogen (secondary N) is 4. The first-order valence-corrected chi connectivity index (χ1v) is 8.87. The maximum atomic E-state index is 8.13. The molecule has 2 aromatic rings. The molecule has 4 N–H and O–H groups in total. The molecule has 8 nitrogen and oxygen atoms in total. The van der Waals surface area contributed by atoms with E-state index in [1.165, 1.54) is 18.9 Å². The Balaban J connectivity index is 1.63. The molecule has 1 atom stereocenters. The SMILES string of the molecule is COc1ccc(C(=N)OC(=N)NC2Nc3c(OC)cccc3S2)c(OC)c1. The zero-order chi connectivity index (χ0) is 19.4. The van der Waals surface area contributed by atoms with Gasteiger partial charge in [0.05, 0.1) is 32.6 Å². The molecule has 3 rings (SSSR count). The van der Waals surface area contributed by atoms with Crippen LogP contribution in [0.4, 0.5) is 5.69 Å². The highest BCUT2D eigenvalue weighted by Gasteiger charge is 2.25. The average Bonchev–Trinajstić information content (AvgIpc) is 3.09. The van der Waals surface area contributed by atoms with Gasteiger partial charge in [0.25, 0.3) is 6.02 Å². The Morgan fingerprint density at radius 3 is 2.52 bits per heavy atom. The van der Waals surface area contributed by atoms with E-state index in [-0.39, 0.29) is 17.4 Å². The Bertz CT molecular complexity index is 874. The highest BCUT2D eigenvalue weighted by atomic mass is 32.2. The third-order valence-corrected chi connectivity index (χ3v) is 4.91. The molecule has 1 unspecified atom stereocenters. The third-order valence-electron chi connectivity index (χ3n) is 3.85. The number of fused-ring (bicyclic) bond motifs is 1. The van der Waals surface area contributed by atoms with E-state index in [1.54, 1.807) is 32.4 Å². The Morgan fingerprint density at radius 2 is 1.81 bits per heavy atom. The molecule has 142 valence electrons. The van der Waals surface area contributed by atoms with Crippen molar-refractivity contribution in [1.29, 1.82) is 10.8 Å². The highest BCUT2D eigenvalue weighted by Crippen LogP contribution is 2.42. The zero-order valence-corrected chi connectivity index (χ0v) is 15.9. The first-order valence-electron chi connectivity index (χ1n) is 7.99. The summed E-state index contributed by atoms with van der Waals surface area (Å²) in [6.45, 7) is 0. The molecule has 0 saturated carbocycles. The van der Waals surface area contributed by atoms with Crippen molar-refractivity contribution in [3.05, 3.63) is 42.0 Å². The lowest BCUT2D eigenvalue weighted by molar-refractivity contribution is 0.392. The molecular formula is C18H20N4O4S. The molecule has 1 aliphatic heterocycles. The monoisotopic (exact) mass is 388 g/mol. The summed E-state index contributed by atoms with van der Waals surface area (Å²) in [4.78, 5) is 1.01. The molecule has 1 aliphatic rings. The number of hydrogen-bond acceptors (Lipinski definition) is 8. The fourth-order valence-corrected chi connectivity index (χ4v) is 3.60. The van der Waals surface area contributed by atoms with Gasteiger partial charge < -0.3 is 29.6 Å². The summed E-state index contributed by atoms with van der Waals surface area (Å²) >= 11 is 1.49. The number of hydrogen-bond donors (Lipinski definition) is 4. The molecule has 0 fully saturated rings. The van der Waals surface area contributed by atoms with Crippen molar-refractivity contribution in [1.82, 2.24) is 5.32 Å². The minimum atomic E-state index is -0.311. The molecule has 0 amide bonds. The Kier molecular flexibility index (Phi) is 5.60. The third kappa shape index (κ3) is 4.03. The first kappa shape index (κ1) is 18.7. The van der Waals surface area contributed by atoms with Gasteiger partial charge in [-0.2, -0.15) is 0 Å². The van der Waals surface area contributed by atoms with Gasteiger partial charge in [-0.3, -0.25) is 10.8 Å². The summed E-state index contributed by atoms with van der Waals surface area (Å²) in [5, 5.41) is 22.3. The van der Waals surface area contributed by atoms with E-state index in [4.69, 9.17) is 29.8 Å². The summed E-state index contributed by atoms with van der Waals surface area (Å²) in [7, 11) is 4.66. The minimum absolute atomic E-state index is 0.204. The molecule has 1 heterocycles. The molecule has 0 aliphatic carbocycles. The molecule has 9 heteroatoms. The lowest BCUT2D eigenvalue weighted by Gasteiger charge is -2.16. The second-order valence-electron chi connectivity index (χ2n) is 5.45. The van der Waals surface area contributed by atoms with Gasteiger partial charge in [0.1, 0.15) is 17.2 Å².